The number of Topliss-reactive ketones (excluding diaryl/α,β-unsaturated/α-hetero) is 1. The third kappa shape index (κ3) is 1.98. The van der Waals surface area contributed by atoms with Crippen LogP contribution in [0.15, 0.2) is 21.3 Å². The second-order valence-electron chi connectivity index (χ2n) is 6.42. The number of ketones is 1. The number of fused-ring (bicyclic) bond motifs is 4. The van der Waals surface area contributed by atoms with Crippen molar-refractivity contribution in [2.24, 2.45) is 5.92 Å². The van der Waals surface area contributed by atoms with Crippen LogP contribution in [-0.2, 0) is 0 Å². The van der Waals surface area contributed by atoms with E-state index in [0.717, 1.165) is 0 Å². The quantitative estimate of drug-likeness (QED) is 0.743. The first kappa shape index (κ1) is 15.2. The molecule has 1 saturated heterocycles. The molecule has 2 aliphatic heterocycles. The van der Waals surface area contributed by atoms with E-state index in [9.17, 15) is 19.8 Å². The molecule has 2 aromatic rings. The van der Waals surface area contributed by atoms with E-state index < -0.39 is 23.7 Å². The number of benzene rings is 1. The third-order valence-corrected chi connectivity index (χ3v) is 4.84. The highest BCUT2D eigenvalue weighted by Gasteiger charge is 2.47. The number of ether oxygens (including phenoxy) is 1. The molecular formula is C17H17NO6. The van der Waals surface area contributed by atoms with Crippen molar-refractivity contribution >= 4 is 16.8 Å². The first-order valence-corrected chi connectivity index (χ1v) is 7.78. The molecular weight excluding hydrogens is 314 g/mol. The minimum absolute atomic E-state index is 0.0128. The molecule has 0 amide bonds. The van der Waals surface area contributed by atoms with Gasteiger partial charge in [-0.05, 0) is 20.4 Å². The minimum Gasteiger partial charge on any atom is -0.507 e. The zero-order chi connectivity index (χ0) is 17.2. The summed E-state index contributed by atoms with van der Waals surface area (Å²) in [6.45, 7) is 2.19. The molecule has 3 atom stereocenters. The summed E-state index contributed by atoms with van der Waals surface area (Å²) in [4.78, 5) is 26.9. The number of likely N-dealkylation sites (tertiary alicyclic amines) is 1. The predicted octanol–water partition coefficient (Wildman–Crippen LogP) is 1.02. The molecule has 2 aliphatic rings. The van der Waals surface area contributed by atoms with Crippen LogP contribution in [0.1, 0.15) is 22.5 Å². The van der Waals surface area contributed by atoms with Gasteiger partial charge in [0.1, 0.15) is 40.5 Å². The molecule has 126 valence electrons. The molecule has 24 heavy (non-hydrogen) atoms. The fraction of sp³-hybridized carbons (Fsp3) is 0.412. The van der Waals surface area contributed by atoms with Crippen molar-refractivity contribution in [1.29, 1.82) is 0 Å². The second-order valence-corrected chi connectivity index (χ2v) is 6.42. The SMILES string of the molecule is Cc1cc(=O)c2c(O)cc3c(c2o1)C(=O)C1C(CCN(C)C1O)O3. The Morgan fingerprint density at radius 1 is 1.29 bits per heavy atom. The Labute approximate surface area is 137 Å². The van der Waals surface area contributed by atoms with Gasteiger partial charge in [0.05, 0.1) is 5.92 Å². The zero-order valence-electron chi connectivity index (χ0n) is 13.3. The number of nitrogens with zero attached hydrogens (tertiary/aromatic N) is 1. The lowest BCUT2D eigenvalue weighted by atomic mass is 9.82. The average Bonchev–Trinajstić information content (AvgIpc) is 2.49. The topological polar surface area (TPSA) is 100 Å². The molecule has 2 N–H and O–H groups in total. The van der Waals surface area contributed by atoms with Crippen LogP contribution in [0.25, 0.3) is 11.0 Å². The number of piperidine rings is 1. The van der Waals surface area contributed by atoms with Crippen LogP contribution in [0.4, 0.5) is 0 Å². The number of aliphatic hydroxyl groups excluding tert-OH is 1. The Kier molecular flexibility index (Phi) is 3.20. The Hall–Kier alpha value is -2.38. The number of phenolic OH excluding ortho intramolecular Hbond substituents is 1. The van der Waals surface area contributed by atoms with Crippen molar-refractivity contribution in [3.05, 3.63) is 33.7 Å². The highest BCUT2D eigenvalue weighted by atomic mass is 16.5. The number of hydrogen-bond donors (Lipinski definition) is 2. The number of hydrogen-bond acceptors (Lipinski definition) is 7. The first-order chi connectivity index (χ1) is 11.4. The van der Waals surface area contributed by atoms with Crippen molar-refractivity contribution < 1.29 is 24.2 Å². The van der Waals surface area contributed by atoms with E-state index in [1.807, 2.05) is 0 Å². The van der Waals surface area contributed by atoms with Crippen LogP contribution in [0.2, 0.25) is 0 Å². The van der Waals surface area contributed by atoms with Crippen LogP contribution in [0, 0.1) is 12.8 Å². The molecule has 7 nitrogen and oxygen atoms in total. The number of carbonyl (C=O) groups is 1. The van der Waals surface area contributed by atoms with Crippen molar-refractivity contribution in [2.75, 3.05) is 13.6 Å². The number of aliphatic hydroxyl groups is 1. The van der Waals surface area contributed by atoms with Gasteiger partial charge >= 0.3 is 0 Å². The molecule has 1 fully saturated rings. The summed E-state index contributed by atoms with van der Waals surface area (Å²) in [6, 6.07) is 2.54. The van der Waals surface area contributed by atoms with Gasteiger partial charge in [-0.25, -0.2) is 0 Å². The third-order valence-electron chi connectivity index (χ3n) is 4.84. The molecule has 4 rings (SSSR count). The van der Waals surface area contributed by atoms with Crippen LogP contribution in [0.5, 0.6) is 11.5 Å². The van der Waals surface area contributed by atoms with Crippen molar-refractivity contribution in [3.8, 4) is 11.5 Å². The Morgan fingerprint density at radius 2 is 2.04 bits per heavy atom. The van der Waals surface area contributed by atoms with Crippen LogP contribution >= 0.6 is 0 Å². The Morgan fingerprint density at radius 3 is 2.79 bits per heavy atom. The maximum atomic E-state index is 13.0. The molecule has 3 unspecified atom stereocenters. The average molecular weight is 331 g/mol. The Bertz CT molecular complexity index is 917. The van der Waals surface area contributed by atoms with Crippen LogP contribution in [0.3, 0.4) is 0 Å². The van der Waals surface area contributed by atoms with E-state index >= 15 is 0 Å². The van der Waals surface area contributed by atoms with Crippen LogP contribution < -0.4 is 10.2 Å². The van der Waals surface area contributed by atoms with E-state index in [4.69, 9.17) is 9.15 Å². The van der Waals surface area contributed by atoms with Crippen LogP contribution in [-0.4, -0.2) is 46.8 Å². The van der Waals surface area contributed by atoms with Crippen molar-refractivity contribution in [2.45, 2.75) is 25.7 Å². The zero-order valence-corrected chi connectivity index (χ0v) is 13.3. The van der Waals surface area contributed by atoms with E-state index in [-0.39, 0.29) is 33.8 Å². The van der Waals surface area contributed by atoms with E-state index in [1.165, 1.54) is 12.1 Å². The van der Waals surface area contributed by atoms with Gasteiger partial charge in [0.15, 0.2) is 16.8 Å². The first-order valence-electron chi connectivity index (χ1n) is 7.78. The number of carbonyl (C=O) groups excluding carboxylic acids is 1. The number of rotatable bonds is 0. The summed E-state index contributed by atoms with van der Waals surface area (Å²) in [5.74, 6) is -0.848. The fourth-order valence-corrected chi connectivity index (χ4v) is 3.61. The molecule has 0 aliphatic carbocycles. The highest BCUT2D eigenvalue weighted by Crippen LogP contribution is 2.42. The molecule has 1 aromatic carbocycles. The van der Waals surface area contributed by atoms with Gasteiger partial charge in [-0.1, -0.05) is 0 Å². The lowest BCUT2D eigenvalue weighted by Gasteiger charge is -2.42. The maximum Gasteiger partial charge on any atom is 0.196 e. The highest BCUT2D eigenvalue weighted by molar-refractivity contribution is 6.12. The van der Waals surface area contributed by atoms with E-state index in [2.05, 4.69) is 0 Å². The summed E-state index contributed by atoms with van der Waals surface area (Å²) >= 11 is 0. The predicted molar refractivity (Wildman–Crippen MR) is 84.4 cm³/mol. The summed E-state index contributed by atoms with van der Waals surface area (Å²) in [5, 5.41) is 20.5. The van der Waals surface area contributed by atoms with Gasteiger partial charge in [0.2, 0.25) is 0 Å². The summed E-state index contributed by atoms with van der Waals surface area (Å²) in [7, 11) is 1.74. The number of aromatic hydroxyl groups is 1. The van der Waals surface area contributed by atoms with E-state index in [1.54, 1.807) is 18.9 Å². The van der Waals surface area contributed by atoms with Gasteiger partial charge in [0, 0.05) is 18.7 Å². The number of phenols is 1. The summed E-state index contributed by atoms with van der Waals surface area (Å²) in [6.07, 6.45) is -0.852. The van der Waals surface area contributed by atoms with Gasteiger partial charge < -0.3 is 19.4 Å². The second kappa shape index (κ2) is 5.06. The standard InChI is InChI=1S/C17H17NO6/c1-7-5-8(19)12-9(20)6-11-13(16(12)23-7)15(21)14-10(24-11)3-4-18(2)17(14)22/h5-6,10,14,17,20,22H,3-4H2,1-2H3. The normalized spacial score (nSPS) is 26.8. The molecule has 0 saturated carbocycles. The lowest BCUT2D eigenvalue weighted by molar-refractivity contribution is -0.0868. The summed E-state index contributed by atoms with van der Waals surface area (Å²) < 4.78 is 11.4. The molecule has 1 aromatic heterocycles. The molecule has 0 bridgehead atoms. The number of aryl methyl sites for hydroxylation is 1. The van der Waals surface area contributed by atoms with Gasteiger partial charge in [-0.15, -0.1) is 0 Å². The van der Waals surface area contributed by atoms with E-state index in [0.29, 0.717) is 18.7 Å². The largest absolute Gasteiger partial charge is 0.507 e. The lowest BCUT2D eigenvalue weighted by Crippen LogP contribution is -2.56. The smallest absolute Gasteiger partial charge is 0.196 e. The maximum absolute atomic E-state index is 13.0. The molecule has 3 heterocycles. The van der Waals surface area contributed by atoms with Gasteiger partial charge in [0.25, 0.3) is 0 Å². The summed E-state index contributed by atoms with van der Waals surface area (Å²) in [5.41, 5.74) is -0.302. The molecule has 0 spiro atoms. The van der Waals surface area contributed by atoms with Crippen molar-refractivity contribution in [3.63, 3.8) is 0 Å². The Balaban J connectivity index is 2.00. The molecule has 0 radical (unpaired) electrons. The van der Waals surface area contributed by atoms with Gasteiger partial charge in [-0.3, -0.25) is 14.5 Å². The van der Waals surface area contributed by atoms with Crippen molar-refractivity contribution in [1.82, 2.24) is 4.90 Å². The fourth-order valence-electron chi connectivity index (χ4n) is 3.61. The molecule has 7 heteroatoms. The monoisotopic (exact) mass is 331 g/mol. The minimum atomic E-state index is -0.968. The van der Waals surface area contributed by atoms with Gasteiger partial charge in [-0.2, -0.15) is 0 Å².